The van der Waals surface area contributed by atoms with Gasteiger partial charge in [-0.2, -0.15) is 0 Å². The summed E-state index contributed by atoms with van der Waals surface area (Å²) in [5, 5.41) is 6.92. The van der Waals surface area contributed by atoms with Crippen LogP contribution >= 0.6 is 11.3 Å². The highest BCUT2D eigenvalue weighted by Crippen LogP contribution is 2.24. The summed E-state index contributed by atoms with van der Waals surface area (Å²) in [6, 6.07) is 7.51. The third kappa shape index (κ3) is 4.79. The van der Waals surface area contributed by atoms with Gasteiger partial charge >= 0.3 is 0 Å². The summed E-state index contributed by atoms with van der Waals surface area (Å²) in [6.45, 7) is 5.88. The zero-order valence-electron chi connectivity index (χ0n) is 15.2. The molecule has 6 heteroatoms. The monoisotopic (exact) mass is 369 g/mol. The van der Waals surface area contributed by atoms with E-state index in [1.165, 1.54) is 6.08 Å². The molecular formula is C20H23N3O2S. The van der Waals surface area contributed by atoms with Crippen molar-refractivity contribution < 1.29 is 9.59 Å². The van der Waals surface area contributed by atoms with Gasteiger partial charge in [0.05, 0.1) is 16.7 Å². The van der Waals surface area contributed by atoms with Crippen LogP contribution in [0.3, 0.4) is 0 Å². The minimum absolute atomic E-state index is 0.0372. The molecule has 0 bridgehead atoms. The number of benzene rings is 1. The standard InChI is InChI=1S/C20H23N3O2S/c1-12-19(26-14(3)21-12)13(2)22-18(24)11-6-15-4-7-16(8-5-15)20(25)23-17-9-10-17/h4-8,11,13,17H,9-10H2,1-3H3,(H,22,24)(H,23,25). The van der Waals surface area contributed by atoms with Crippen molar-refractivity contribution in [3.63, 3.8) is 0 Å². The molecule has 0 aliphatic heterocycles. The molecule has 26 heavy (non-hydrogen) atoms. The minimum atomic E-state index is -0.154. The van der Waals surface area contributed by atoms with Crippen LogP contribution in [0.1, 0.15) is 57.3 Å². The van der Waals surface area contributed by atoms with Gasteiger partial charge in [0.15, 0.2) is 0 Å². The molecular weight excluding hydrogens is 346 g/mol. The molecule has 2 amide bonds. The van der Waals surface area contributed by atoms with Gasteiger partial charge in [0.1, 0.15) is 0 Å². The summed E-state index contributed by atoms with van der Waals surface area (Å²) in [5.41, 5.74) is 2.48. The van der Waals surface area contributed by atoms with Crippen LogP contribution in [-0.4, -0.2) is 22.8 Å². The normalized spacial score (nSPS) is 15.0. The van der Waals surface area contributed by atoms with Gasteiger partial charge in [-0.1, -0.05) is 12.1 Å². The molecule has 1 unspecified atom stereocenters. The molecule has 1 aliphatic carbocycles. The van der Waals surface area contributed by atoms with Crippen LogP contribution in [0.15, 0.2) is 30.3 Å². The van der Waals surface area contributed by atoms with E-state index in [0.717, 1.165) is 34.0 Å². The van der Waals surface area contributed by atoms with Crippen LogP contribution in [0, 0.1) is 13.8 Å². The first-order chi connectivity index (χ1) is 12.4. The number of aryl methyl sites for hydroxylation is 2. The van der Waals surface area contributed by atoms with E-state index in [1.54, 1.807) is 29.5 Å². The summed E-state index contributed by atoms with van der Waals surface area (Å²) in [5.74, 6) is -0.191. The summed E-state index contributed by atoms with van der Waals surface area (Å²) < 4.78 is 0. The van der Waals surface area contributed by atoms with Crippen molar-refractivity contribution in [1.82, 2.24) is 15.6 Å². The molecule has 1 aliphatic rings. The Morgan fingerprint density at radius 2 is 1.92 bits per heavy atom. The van der Waals surface area contributed by atoms with E-state index < -0.39 is 0 Å². The van der Waals surface area contributed by atoms with Crippen molar-refractivity contribution in [3.8, 4) is 0 Å². The van der Waals surface area contributed by atoms with E-state index in [4.69, 9.17) is 0 Å². The predicted molar refractivity (Wildman–Crippen MR) is 104 cm³/mol. The fourth-order valence-electron chi connectivity index (χ4n) is 2.69. The lowest BCUT2D eigenvalue weighted by Gasteiger charge is -2.11. The fourth-order valence-corrected chi connectivity index (χ4v) is 3.62. The molecule has 1 atom stereocenters. The van der Waals surface area contributed by atoms with Crippen LogP contribution in [0.4, 0.5) is 0 Å². The molecule has 0 saturated heterocycles. The number of nitrogens with zero attached hydrogens (tertiary/aromatic N) is 1. The molecule has 1 aromatic heterocycles. The van der Waals surface area contributed by atoms with Crippen molar-refractivity contribution in [3.05, 3.63) is 57.0 Å². The van der Waals surface area contributed by atoms with Crippen molar-refractivity contribution in [2.24, 2.45) is 0 Å². The highest BCUT2D eigenvalue weighted by molar-refractivity contribution is 7.11. The van der Waals surface area contributed by atoms with E-state index in [0.29, 0.717) is 11.6 Å². The fraction of sp³-hybridized carbons (Fsp3) is 0.350. The Labute approximate surface area is 157 Å². The van der Waals surface area contributed by atoms with Crippen molar-refractivity contribution in [2.45, 2.75) is 45.7 Å². The zero-order valence-corrected chi connectivity index (χ0v) is 16.0. The summed E-state index contributed by atoms with van der Waals surface area (Å²) >= 11 is 1.60. The Kier molecular flexibility index (Phi) is 5.52. The predicted octanol–water partition coefficient (Wildman–Crippen LogP) is 3.54. The Morgan fingerprint density at radius 1 is 1.23 bits per heavy atom. The largest absolute Gasteiger partial charge is 0.349 e. The smallest absolute Gasteiger partial charge is 0.251 e. The van der Waals surface area contributed by atoms with E-state index in [1.807, 2.05) is 32.9 Å². The average molecular weight is 369 g/mol. The first-order valence-electron chi connectivity index (χ1n) is 8.76. The Balaban J connectivity index is 1.55. The minimum Gasteiger partial charge on any atom is -0.349 e. The second-order valence-corrected chi connectivity index (χ2v) is 7.85. The lowest BCUT2D eigenvalue weighted by molar-refractivity contribution is -0.117. The summed E-state index contributed by atoms with van der Waals surface area (Å²) in [4.78, 5) is 29.6. The van der Waals surface area contributed by atoms with Gasteiger partial charge < -0.3 is 10.6 Å². The van der Waals surface area contributed by atoms with Gasteiger partial charge in [-0.3, -0.25) is 9.59 Å². The van der Waals surface area contributed by atoms with Crippen molar-refractivity contribution >= 4 is 29.2 Å². The molecule has 1 heterocycles. The summed E-state index contributed by atoms with van der Waals surface area (Å²) in [6.07, 6.45) is 5.40. The number of hydrogen-bond acceptors (Lipinski definition) is 4. The first kappa shape index (κ1) is 18.3. The van der Waals surface area contributed by atoms with Gasteiger partial charge in [-0.05, 0) is 57.4 Å². The number of hydrogen-bond donors (Lipinski definition) is 2. The summed E-state index contributed by atoms with van der Waals surface area (Å²) in [7, 11) is 0. The van der Waals surface area contributed by atoms with Gasteiger partial charge in [0.25, 0.3) is 5.91 Å². The molecule has 0 radical (unpaired) electrons. The van der Waals surface area contributed by atoms with Crippen LogP contribution in [-0.2, 0) is 4.79 Å². The number of carbonyl (C=O) groups excluding carboxylic acids is 2. The second kappa shape index (κ2) is 7.83. The third-order valence-electron chi connectivity index (χ3n) is 4.20. The van der Waals surface area contributed by atoms with Crippen LogP contribution < -0.4 is 10.6 Å². The van der Waals surface area contributed by atoms with Gasteiger partial charge in [0.2, 0.25) is 5.91 Å². The lowest BCUT2D eigenvalue weighted by atomic mass is 10.1. The Bertz CT molecular complexity index is 835. The van der Waals surface area contributed by atoms with Crippen LogP contribution in [0.5, 0.6) is 0 Å². The second-order valence-electron chi connectivity index (χ2n) is 6.62. The molecule has 1 fully saturated rings. The molecule has 3 rings (SSSR count). The van der Waals surface area contributed by atoms with E-state index in [-0.39, 0.29) is 17.9 Å². The number of rotatable bonds is 6. The average Bonchev–Trinajstić information content (AvgIpc) is 3.35. The van der Waals surface area contributed by atoms with E-state index >= 15 is 0 Å². The Morgan fingerprint density at radius 3 is 2.50 bits per heavy atom. The topological polar surface area (TPSA) is 71.1 Å². The highest BCUT2D eigenvalue weighted by Gasteiger charge is 2.23. The number of nitrogens with one attached hydrogen (secondary N) is 2. The van der Waals surface area contributed by atoms with E-state index in [2.05, 4.69) is 15.6 Å². The van der Waals surface area contributed by atoms with E-state index in [9.17, 15) is 9.59 Å². The maximum absolute atomic E-state index is 12.1. The number of aromatic nitrogens is 1. The first-order valence-corrected chi connectivity index (χ1v) is 9.57. The van der Waals surface area contributed by atoms with Crippen molar-refractivity contribution in [2.75, 3.05) is 0 Å². The SMILES string of the molecule is Cc1nc(C)c(C(C)NC(=O)C=Cc2ccc(C(=O)NC3CC3)cc2)s1. The van der Waals surface area contributed by atoms with Crippen LogP contribution in [0.2, 0.25) is 0 Å². The maximum atomic E-state index is 12.1. The van der Waals surface area contributed by atoms with Crippen molar-refractivity contribution in [1.29, 1.82) is 0 Å². The molecule has 1 saturated carbocycles. The molecule has 2 aromatic rings. The third-order valence-corrected chi connectivity index (χ3v) is 5.46. The highest BCUT2D eigenvalue weighted by atomic mass is 32.1. The number of carbonyl (C=O) groups is 2. The Hall–Kier alpha value is -2.47. The molecule has 0 spiro atoms. The number of thiazole rings is 1. The number of amides is 2. The quantitative estimate of drug-likeness (QED) is 0.765. The molecule has 5 nitrogen and oxygen atoms in total. The zero-order chi connectivity index (χ0) is 18.7. The maximum Gasteiger partial charge on any atom is 0.251 e. The van der Waals surface area contributed by atoms with Gasteiger partial charge in [-0.15, -0.1) is 11.3 Å². The van der Waals surface area contributed by atoms with Gasteiger partial charge in [-0.25, -0.2) is 4.98 Å². The molecule has 2 N–H and O–H groups in total. The molecule has 136 valence electrons. The van der Waals surface area contributed by atoms with Gasteiger partial charge in [0, 0.05) is 22.6 Å². The van der Waals surface area contributed by atoms with Crippen LogP contribution in [0.25, 0.3) is 6.08 Å². The molecule has 1 aromatic carbocycles. The lowest BCUT2D eigenvalue weighted by Crippen LogP contribution is -2.25.